The summed E-state index contributed by atoms with van der Waals surface area (Å²) in [5.74, 6) is 0. The third kappa shape index (κ3) is 7.96. The Hall–Kier alpha value is -0.0400. The summed E-state index contributed by atoms with van der Waals surface area (Å²) in [5.41, 5.74) is 0.447. The number of hydrogen-bond acceptors (Lipinski definition) is 0. The fraction of sp³-hybridized carbons (Fsp3) is 1.00. The zero-order chi connectivity index (χ0) is 8.04. The number of rotatable bonds is 4. The molecule has 0 aliphatic rings. The molecule has 0 spiro atoms. The van der Waals surface area contributed by atoms with Gasteiger partial charge in [-0.2, -0.15) is 0 Å². The minimum Gasteiger partial charge on any atom is -0.237 e. The second-order valence-corrected chi connectivity index (χ2v) is 4.08. The maximum absolute atomic E-state index is 10.1. The van der Waals surface area contributed by atoms with Crippen molar-refractivity contribution in [2.45, 2.75) is 46.5 Å². The summed E-state index contributed by atoms with van der Waals surface area (Å²) in [7, 11) is 0. The molecule has 0 aromatic carbocycles. The monoisotopic (exact) mass is 143 g/mol. The van der Waals surface area contributed by atoms with Gasteiger partial charge in [0.2, 0.25) is 0 Å². The molecule has 0 rings (SSSR count). The molecular weight excluding hydrogens is 124 g/mol. The second kappa shape index (κ2) is 4.73. The van der Waals surface area contributed by atoms with Crippen LogP contribution >= 0.6 is 0 Å². The van der Waals surface area contributed by atoms with Gasteiger partial charge in [-0.3, -0.25) is 0 Å². The Bertz CT molecular complexity index is 71.3. The first-order valence-corrected chi connectivity index (χ1v) is 4.14. The van der Waals surface area contributed by atoms with Crippen molar-refractivity contribution in [3.8, 4) is 0 Å². The van der Waals surface area contributed by atoms with Crippen LogP contribution in [0.2, 0.25) is 0 Å². The molecule has 0 N–H and O–H groups in total. The number of hydrogen-bond donors (Lipinski definition) is 0. The maximum Gasteiger partial charge on any atom is 0.0822 e. The maximum atomic E-state index is 10.1. The van der Waals surface area contributed by atoms with Crippen molar-refractivity contribution in [3.05, 3.63) is 0 Å². The van der Waals surface area contributed by atoms with Crippen molar-refractivity contribution in [2.24, 2.45) is 5.41 Å². The lowest BCUT2D eigenvalue weighted by molar-refractivity contribution is 0.184. The van der Waals surface area contributed by atoms with Gasteiger partial charge in [0.05, 0.1) is 6.61 Å². The van der Waals surface area contributed by atoms with Crippen molar-refractivity contribution < 1.29 is 5.11 Å². The molecule has 0 amide bonds. The quantitative estimate of drug-likeness (QED) is 0.539. The van der Waals surface area contributed by atoms with E-state index in [1.807, 2.05) is 0 Å². The highest BCUT2D eigenvalue weighted by Crippen LogP contribution is 2.21. The topological polar surface area (TPSA) is 19.9 Å². The normalized spacial score (nSPS) is 12.0. The van der Waals surface area contributed by atoms with Gasteiger partial charge in [-0.05, 0) is 18.3 Å². The van der Waals surface area contributed by atoms with E-state index in [4.69, 9.17) is 0 Å². The van der Waals surface area contributed by atoms with Gasteiger partial charge < -0.3 is 0 Å². The van der Waals surface area contributed by atoms with Crippen molar-refractivity contribution in [1.29, 1.82) is 0 Å². The summed E-state index contributed by atoms with van der Waals surface area (Å²) in [4.78, 5) is 0. The molecule has 0 saturated heterocycles. The van der Waals surface area contributed by atoms with Gasteiger partial charge in [0, 0.05) is 0 Å². The Balaban J connectivity index is 3.04. The fourth-order valence-electron chi connectivity index (χ4n) is 0.934. The minimum atomic E-state index is 0.101. The molecule has 0 bridgehead atoms. The lowest BCUT2D eigenvalue weighted by Gasteiger charge is -2.16. The van der Waals surface area contributed by atoms with E-state index in [2.05, 4.69) is 20.8 Å². The molecule has 61 valence electrons. The van der Waals surface area contributed by atoms with Crippen molar-refractivity contribution in [2.75, 3.05) is 6.61 Å². The molecule has 0 unspecified atom stereocenters. The van der Waals surface area contributed by atoms with Gasteiger partial charge in [-0.15, -0.1) is 0 Å². The van der Waals surface area contributed by atoms with Gasteiger partial charge in [-0.25, -0.2) is 5.11 Å². The van der Waals surface area contributed by atoms with E-state index in [0.717, 1.165) is 12.8 Å². The van der Waals surface area contributed by atoms with Gasteiger partial charge in [0.25, 0.3) is 0 Å². The average molecular weight is 143 g/mol. The van der Waals surface area contributed by atoms with Gasteiger partial charge in [0.1, 0.15) is 0 Å². The van der Waals surface area contributed by atoms with Crippen LogP contribution in [0.4, 0.5) is 0 Å². The summed E-state index contributed by atoms with van der Waals surface area (Å²) >= 11 is 0. The summed E-state index contributed by atoms with van der Waals surface area (Å²) in [6.07, 6.45) is 4.43. The second-order valence-electron chi connectivity index (χ2n) is 4.08. The SMILES string of the molecule is CC(C)(C)CCCCC[O]. The Kier molecular flexibility index (Phi) is 4.71. The summed E-state index contributed by atoms with van der Waals surface area (Å²) in [6.45, 7) is 6.82. The number of unbranched alkanes of at least 4 members (excludes halogenated alkanes) is 2. The predicted molar refractivity (Wildman–Crippen MR) is 43.5 cm³/mol. The summed E-state index contributed by atoms with van der Waals surface area (Å²) < 4.78 is 0. The van der Waals surface area contributed by atoms with Crippen LogP contribution in [-0.4, -0.2) is 6.61 Å². The smallest absolute Gasteiger partial charge is 0.0822 e. The van der Waals surface area contributed by atoms with E-state index < -0.39 is 0 Å². The minimum absolute atomic E-state index is 0.101. The first-order valence-electron chi connectivity index (χ1n) is 4.14. The Morgan fingerprint density at radius 1 is 1.00 bits per heavy atom. The van der Waals surface area contributed by atoms with E-state index in [1.165, 1.54) is 12.8 Å². The lowest BCUT2D eigenvalue weighted by atomic mass is 9.89. The van der Waals surface area contributed by atoms with Crippen molar-refractivity contribution >= 4 is 0 Å². The van der Waals surface area contributed by atoms with Crippen LogP contribution in [0.5, 0.6) is 0 Å². The third-order valence-electron chi connectivity index (χ3n) is 1.57. The highest BCUT2D eigenvalue weighted by molar-refractivity contribution is 4.60. The van der Waals surface area contributed by atoms with Crippen LogP contribution < -0.4 is 0 Å². The standard InChI is InChI=1S/C9H19O/c1-9(2,3)7-5-4-6-8-10/h4-8H2,1-3H3. The molecule has 0 aromatic rings. The van der Waals surface area contributed by atoms with Gasteiger partial charge in [-0.1, -0.05) is 33.6 Å². The van der Waals surface area contributed by atoms with Crippen LogP contribution in [0.15, 0.2) is 0 Å². The molecular formula is C9H19O. The van der Waals surface area contributed by atoms with E-state index in [0.29, 0.717) is 5.41 Å². The van der Waals surface area contributed by atoms with Gasteiger partial charge in [0.15, 0.2) is 0 Å². The molecule has 0 fully saturated rings. The van der Waals surface area contributed by atoms with E-state index in [-0.39, 0.29) is 6.61 Å². The zero-order valence-electron chi connectivity index (χ0n) is 7.44. The van der Waals surface area contributed by atoms with Crippen molar-refractivity contribution in [1.82, 2.24) is 0 Å². The highest BCUT2D eigenvalue weighted by Gasteiger charge is 2.08. The van der Waals surface area contributed by atoms with E-state index >= 15 is 0 Å². The first kappa shape index (κ1) is 9.96. The molecule has 0 aliphatic heterocycles. The molecule has 0 atom stereocenters. The molecule has 1 radical (unpaired) electrons. The molecule has 0 saturated carbocycles. The molecule has 10 heavy (non-hydrogen) atoms. The first-order chi connectivity index (χ1) is 4.56. The zero-order valence-corrected chi connectivity index (χ0v) is 7.44. The highest BCUT2D eigenvalue weighted by atomic mass is 16.2. The Morgan fingerprint density at radius 2 is 1.60 bits per heavy atom. The van der Waals surface area contributed by atoms with E-state index in [1.54, 1.807) is 0 Å². The Labute approximate surface area is 64.5 Å². The molecule has 1 nitrogen and oxygen atoms in total. The third-order valence-corrected chi connectivity index (χ3v) is 1.57. The van der Waals surface area contributed by atoms with Crippen LogP contribution in [-0.2, 0) is 5.11 Å². The van der Waals surface area contributed by atoms with E-state index in [9.17, 15) is 5.11 Å². The molecule has 0 aliphatic carbocycles. The van der Waals surface area contributed by atoms with Crippen LogP contribution in [0, 0.1) is 5.41 Å². The predicted octanol–water partition coefficient (Wildman–Crippen LogP) is 3.02. The van der Waals surface area contributed by atoms with Gasteiger partial charge >= 0.3 is 0 Å². The lowest BCUT2D eigenvalue weighted by Crippen LogP contribution is -2.03. The van der Waals surface area contributed by atoms with Crippen LogP contribution in [0.25, 0.3) is 0 Å². The Morgan fingerprint density at radius 3 is 2.00 bits per heavy atom. The summed E-state index contributed by atoms with van der Waals surface area (Å²) in [5, 5.41) is 10.1. The van der Waals surface area contributed by atoms with Crippen LogP contribution in [0.1, 0.15) is 46.5 Å². The average Bonchev–Trinajstić information content (AvgIpc) is 1.78. The van der Waals surface area contributed by atoms with Crippen LogP contribution in [0.3, 0.4) is 0 Å². The van der Waals surface area contributed by atoms with Crippen molar-refractivity contribution in [3.63, 3.8) is 0 Å². The summed E-state index contributed by atoms with van der Waals surface area (Å²) in [6, 6.07) is 0. The molecule has 1 heteroatoms. The molecule has 0 heterocycles. The molecule has 0 aromatic heterocycles. The largest absolute Gasteiger partial charge is 0.237 e. The fourth-order valence-corrected chi connectivity index (χ4v) is 0.934.